The van der Waals surface area contributed by atoms with E-state index in [1.807, 2.05) is 38.1 Å². The lowest BCUT2D eigenvalue weighted by molar-refractivity contribution is -0.140. The van der Waals surface area contributed by atoms with Crippen molar-refractivity contribution in [3.8, 4) is 0 Å². The van der Waals surface area contributed by atoms with E-state index < -0.39 is 28.5 Å². The van der Waals surface area contributed by atoms with Crippen LogP contribution in [0.2, 0.25) is 10.0 Å². The van der Waals surface area contributed by atoms with E-state index >= 15 is 0 Å². The molecule has 0 aromatic heterocycles. The van der Waals surface area contributed by atoms with Crippen LogP contribution in [0.25, 0.3) is 0 Å². The van der Waals surface area contributed by atoms with E-state index in [0.717, 1.165) is 47.4 Å². The van der Waals surface area contributed by atoms with Crippen molar-refractivity contribution in [3.05, 3.63) is 63.6 Å². The summed E-state index contributed by atoms with van der Waals surface area (Å²) in [5.41, 5.74) is 2.10. The number of amides is 2. The second-order valence-corrected chi connectivity index (χ2v) is 12.0. The molecule has 1 unspecified atom stereocenters. The Kier molecular flexibility index (Phi) is 9.66. The zero-order valence-corrected chi connectivity index (χ0v) is 23.2. The van der Waals surface area contributed by atoms with Crippen molar-refractivity contribution in [3.63, 3.8) is 0 Å². The molecule has 36 heavy (non-hydrogen) atoms. The highest BCUT2D eigenvalue weighted by atomic mass is 35.5. The van der Waals surface area contributed by atoms with Gasteiger partial charge in [0.15, 0.2) is 0 Å². The topological polar surface area (TPSA) is 86.8 Å². The normalized spacial score (nSPS) is 14.9. The number of aryl methyl sites for hydroxylation is 1. The smallest absolute Gasteiger partial charge is 0.244 e. The van der Waals surface area contributed by atoms with Crippen LogP contribution in [0.15, 0.2) is 42.5 Å². The fourth-order valence-electron chi connectivity index (χ4n) is 4.55. The minimum Gasteiger partial charge on any atom is -0.352 e. The summed E-state index contributed by atoms with van der Waals surface area (Å²) in [6.07, 6.45) is 5.40. The van der Waals surface area contributed by atoms with Gasteiger partial charge < -0.3 is 10.2 Å². The SMILES string of the molecule is CCC(C(=O)NC1CCCC1)N(Cc1cccc(C)c1)C(=O)CN(c1ccc(Cl)c(Cl)c1)S(C)(=O)=O. The van der Waals surface area contributed by atoms with Gasteiger partial charge in [-0.1, -0.05) is 72.8 Å². The first-order chi connectivity index (χ1) is 17.0. The van der Waals surface area contributed by atoms with E-state index in [1.165, 1.54) is 23.1 Å². The van der Waals surface area contributed by atoms with Gasteiger partial charge >= 0.3 is 0 Å². The number of carbonyl (C=O) groups excluding carboxylic acids is 2. The number of carbonyl (C=O) groups is 2. The van der Waals surface area contributed by atoms with E-state index in [1.54, 1.807) is 0 Å². The molecule has 196 valence electrons. The zero-order chi connectivity index (χ0) is 26.5. The number of benzene rings is 2. The van der Waals surface area contributed by atoms with Crippen molar-refractivity contribution in [2.75, 3.05) is 17.1 Å². The third-order valence-electron chi connectivity index (χ3n) is 6.39. The predicted molar refractivity (Wildman–Crippen MR) is 145 cm³/mol. The van der Waals surface area contributed by atoms with Crippen molar-refractivity contribution in [2.45, 2.75) is 64.6 Å². The molecular formula is C26H33Cl2N3O4S. The Morgan fingerprint density at radius 3 is 2.36 bits per heavy atom. The first-order valence-corrected chi connectivity index (χ1v) is 14.7. The van der Waals surface area contributed by atoms with Gasteiger partial charge in [0.05, 0.1) is 22.0 Å². The van der Waals surface area contributed by atoms with Crippen molar-refractivity contribution in [2.24, 2.45) is 0 Å². The van der Waals surface area contributed by atoms with Crippen LogP contribution in [0.5, 0.6) is 0 Å². The molecule has 2 amide bonds. The third kappa shape index (κ3) is 7.37. The maximum Gasteiger partial charge on any atom is 0.244 e. The molecule has 2 aromatic carbocycles. The molecular weight excluding hydrogens is 521 g/mol. The van der Waals surface area contributed by atoms with Gasteiger partial charge in [0.1, 0.15) is 12.6 Å². The minimum absolute atomic E-state index is 0.103. The molecule has 0 saturated heterocycles. The van der Waals surface area contributed by atoms with Crippen LogP contribution in [0.1, 0.15) is 50.2 Å². The monoisotopic (exact) mass is 553 g/mol. The average molecular weight is 555 g/mol. The van der Waals surface area contributed by atoms with Crippen molar-refractivity contribution < 1.29 is 18.0 Å². The fourth-order valence-corrected chi connectivity index (χ4v) is 5.68. The summed E-state index contributed by atoms with van der Waals surface area (Å²) in [6.45, 7) is 3.50. The van der Waals surface area contributed by atoms with Gasteiger partial charge in [-0.25, -0.2) is 8.42 Å². The Hall–Kier alpha value is -2.29. The summed E-state index contributed by atoms with van der Waals surface area (Å²) in [5, 5.41) is 3.54. The molecule has 1 fully saturated rings. The molecule has 0 bridgehead atoms. The number of halogens is 2. The lowest BCUT2D eigenvalue weighted by Crippen LogP contribution is -2.53. The van der Waals surface area contributed by atoms with E-state index in [0.29, 0.717) is 6.42 Å². The fraction of sp³-hybridized carbons (Fsp3) is 0.462. The highest BCUT2D eigenvalue weighted by Gasteiger charge is 2.33. The second-order valence-electron chi connectivity index (χ2n) is 9.29. The molecule has 7 nitrogen and oxygen atoms in total. The average Bonchev–Trinajstić information content (AvgIpc) is 3.31. The maximum atomic E-state index is 13.7. The first-order valence-electron chi connectivity index (χ1n) is 12.1. The third-order valence-corrected chi connectivity index (χ3v) is 8.27. The van der Waals surface area contributed by atoms with Crippen LogP contribution in [0.3, 0.4) is 0 Å². The Bertz CT molecular complexity index is 1200. The summed E-state index contributed by atoms with van der Waals surface area (Å²) >= 11 is 12.1. The van der Waals surface area contributed by atoms with E-state index in [-0.39, 0.29) is 34.2 Å². The molecule has 0 radical (unpaired) electrons. The lowest BCUT2D eigenvalue weighted by Gasteiger charge is -2.33. The van der Waals surface area contributed by atoms with Crippen molar-refractivity contribution in [1.29, 1.82) is 0 Å². The maximum absolute atomic E-state index is 13.7. The van der Waals surface area contributed by atoms with Gasteiger partial charge in [0, 0.05) is 12.6 Å². The van der Waals surface area contributed by atoms with Crippen LogP contribution in [-0.2, 0) is 26.2 Å². The largest absolute Gasteiger partial charge is 0.352 e. The van der Waals surface area contributed by atoms with E-state index in [2.05, 4.69) is 5.32 Å². The quantitative estimate of drug-likeness (QED) is 0.451. The number of rotatable bonds is 10. The number of nitrogens with one attached hydrogen (secondary N) is 1. The summed E-state index contributed by atoms with van der Waals surface area (Å²) in [6, 6.07) is 11.4. The highest BCUT2D eigenvalue weighted by molar-refractivity contribution is 7.92. The van der Waals surface area contributed by atoms with Crippen molar-refractivity contribution in [1.82, 2.24) is 10.2 Å². The highest BCUT2D eigenvalue weighted by Crippen LogP contribution is 2.29. The van der Waals surface area contributed by atoms with Gasteiger partial charge in [0.2, 0.25) is 21.8 Å². The van der Waals surface area contributed by atoms with Crippen LogP contribution < -0.4 is 9.62 Å². The predicted octanol–water partition coefficient (Wildman–Crippen LogP) is 4.93. The standard InChI is InChI=1S/C26H33Cl2N3O4S/c1-4-24(26(33)29-20-10-5-6-11-20)30(16-19-9-7-8-18(2)14-19)25(32)17-31(36(3,34)35)21-12-13-22(27)23(28)15-21/h7-9,12-15,20,24H,4-6,10-11,16-17H2,1-3H3,(H,29,33). The number of hydrogen-bond donors (Lipinski definition) is 1. The Balaban J connectivity index is 1.93. The molecule has 3 rings (SSSR count). The van der Waals surface area contributed by atoms with Gasteiger partial charge in [0.25, 0.3) is 0 Å². The number of sulfonamides is 1. The molecule has 1 aliphatic carbocycles. The minimum atomic E-state index is -3.84. The molecule has 2 aromatic rings. The van der Waals surface area contributed by atoms with Crippen LogP contribution in [-0.4, -0.2) is 50.0 Å². The second kappa shape index (κ2) is 12.3. The number of nitrogens with zero attached hydrogens (tertiary/aromatic N) is 2. The van der Waals surface area contributed by atoms with Gasteiger partial charge in [-0.15, -0.1) is 0 Å². The van der Waals surface area contributed by atoms with Gasteiger partial charge in [-0.2, -0.15) is 0 Å². The molecule has 0 aliphatic heterocycles. The molecule has 0 heterocycles. The molecule has 1 saturated carbocycles. The number of anilines is 1. The molecule has 1 N–H and O–H groups in total. The zero-order valence-electron chi connectivity index (χ0n) is 20.8. The van der Waals surface area contributed by atoms with Gasteiger partial charge in [-0.05, 0) is 49.9 Å². The van der Waals surface area contributed by atoms with E-state index in [4.69, 9.17) is 23.2 Å². The lowest BCUT2D eigenvalue weighted by atomic mass is 10.1. The van der Waals surface area contributed by atoms with Crippen LogP contribution >= 0.6 is 23.2 Å². The van der Waals surface area contributed by atoms with Crippen LogP contribution in [0, 0.1) is 6.92 Å². The summed E-state index contributed by atoms with van der Waals surface area (Å²) in [7, 11) is -3.84. The Morgan fingerprint density at radius 2 is 1.78 bits per heavy atom. The Labute approximate surface area is 223 Å². The van der Waals surface area contributed by atoms with Gasteiger partial charge in [-0.3, -0.25) is 13.9 Å². The van der Waals surface area contributed by atoms with Crippen LogP contribution in [0.4, 0.5) is 5.69 Å². The molecule has 1 atom stereocenters. The molecule has 10 heteroatoms. The first kappa shape index (κ1) is 28.3. The Morgan fingerprint density at radius 1 is 1.08 bits per heavy atom. The molecule has 0 spiro atoms. The summed E-state index contributed by atoms with van der Waals surface area (Å²) < 4.78 is 26.4. The van der Waals surface area contributed by atoms with E-state index in [9.17, 15) is 18.0 Å². The summed E-state index contributed by atoms with van der Waals surface area (Å²) in [5.74, 6) is -0.702. The molecule has 1 aliphatic rings. The number of hydrogen-bond acceptors (Lipinski definition) is 4. The van der Waals surface area contributed by atoms with Crippen molar-refractivity contribution >= 4 is 50.7 Å². The summed E-state index contributed by atoms with van der Waals surface area (Å²) in [4.78, 5) is 28.5.